The van der Waals surface area contributed by atoms with Crippen LogP contribution in [0.4, 0.5) is 0 Å². The van der Waals surface area contributed by atoms with E-state index in [9.17, 15) is 25.3 Å². The molecule has 0 unspecified atom stereocenters. The summed E-state index contributed by atoms with van der Waals surface area (Å²) in [6.07, 6.45) is 0. The van der Waals surface area contributed by atoms with Crippen molar-refractivity contribution in [2.24, 2.45) is 0 Å². The zero-order valence-electron chi connectivity index (χ0n) is 12.9. The zero-order valence-corrected chi connectivity index (χ0v) is 15.3. The SMILES string of the molecule is CCS(=O)(=O)OCCN(CCOS(=O)(=O)CC)S(=O)(=O)CC. The van der Waals surface area contributed by atoms with Crippen molar-refractivity contribution < 1.29 is 33.6 Å². The van der Waals surface area contributed by atoms with Gasteiger partial charge in [-0.15, -0.1) is 0 Å². The second-order valence-corrected chi connectivity index (χ2v) is 10.3. The largest absolute Gasteiger partial charge is 0.269 e. The van der Waals surface area contributed by atoms with Crippen LogP contribution in [0.25, 0.3) is 0 Å². The van der Waals surface area contributed by atoms with Crippen LogP contribution in [0.5, 0.6) is 0 Å². The van der Waals surface area contributed by atoms with Gasteiger partial charge in [0.15, 0.2) is 0 Å². The molecule has 0 rings (SSSR count). The molecule has 0 spiro atoms. The summed E-state index contributed by atoms with van der Waals surface area (Å²) in [7, 11) is -11.0. The third kappa shape index (κ3) is 8.39. The number of hydrogen-bond acceptors (Lipinski definition) is 8. The van der Waals surface area contributed by atoms with E-state index in [1.54, 1.807) is 0 Å². The Morgan fingerprint density at radius 1 is 0.682 bits per heavy atom. The van der Waals surface area contributed by atoms with E-state index in [-0.39, 0.29) is 43.6 Å². The predicted octanol–water partition coefficient (Wildman–Crippen LogP) is -0.629. The molecule has 0 aliphatic rings. The highest BCUT2D eigenvalue weighted by Crippen LogP contribution is 2.04. The molecule has 134 valence electrons. The number of rotatable bonds is 12. The molecule has 0 bridgehead atoms. The molecule has 0 N–H and O–H groups in total. The van der Waals surface area contributed by atoms with Gasteiger partial charge in [0, 0.05) is 13.1 Å². The normalized spacial score (nSPS) is 13.6. The van der Waals surface area contributed by atoms with E-state index in [4.69, 9.17) is 0 Å². The first-order valence-electron chi connectivity index (χ1n) is 6.71. The zero-order chi connectivity index (χ0) is 17.4. The van der Waals surface area contributed by atoms with Gasteiger partial charge in [0.05, 0.1) is 30.5 Å². The molecular formula is C10H23NO8S3. The fourth-order valence-electron chi connectivity index (χ4n) is 1.27. The molecule has 9 nitrogen and oxygen atoms in total. The van der Waals surface area contributed by atoms with Crippen molar-refractivity contribution >= 4 is 30.3 Å². The van der Waals surface area contributed by atoms with Crippen LogP contribution in [0.2, 0.25) is 0 Å². The Balaban J connectivity index is 4.67. The van der Waals surface area contributed by atoms with E-state index < -0.39 is 30.3 Å². The predicted molar refractivity (Wildman–Crippen MR) is 81.9 cm³/mol. The van der Waals surface area contributed by atoms with E-state index in [2.05, 4.69) is 8.37 Å². The molecule has 0 aliphatic heterocycles. The van der Waals surface area contributed by atoms with Crippen molar-refractivity contribution in [3.63, 3.8) is 0 Å². The highest BCUT2D eigenvalue weighted by Gasteiger charge is 2.21. The van der Waals surface area contributed by atoms with Crippen LogP contribution in [0.15, 0.2) is 0 Å². The standard InChI is InChI=1S/C10H23NO8S3/c1-4-20(12,13)11(7-9-18-21(14,15)5-2)8-10-19-22(16,17)6-3/h4-10H2,1-3H3. The molecule has 0 saturated heterocycles. The topological polar surface area (TPSA) is 124 Å². The van der Waals surface area contributed by atoms with Gasteiger partial charge in [0.25, 0.3) is 20.2 Å². The maximum absolute atomic E-state index is 11.9. The van der Waals surface area contributed by atoms with Gasteiger partial charge in [0.2, 0.25) is 10.0 Å². The average Bonchev–Trinajstić information content (AvgIpc) is 2.45. The van der Waals surface area contributed by atoms with Crippen LogP contribution in [-0.4, -0.2) is 73.1 Å². The Morgan fingerprint density at radius 3 is 1.32 bits per heavy atom. The minimum atomic E-state index is -3.66. The Hall–Kier alpha value is -0.270. The first kappa shape index (κ1) is 21.7. The molecule has 0 aromatic carbocycles. The first-order chi connectivity index (χ1) is 9.99. The number of nitrogens with zero attached hydrogens (tertiary/aromatic N) is 1. The molecule has 0 atom stereocenters. The van der Waals surface area contributed by atoms with Gasteiger partial charge < -0.3 is 0 Å². The minimum absolute atomic E-state index is 0.200. The Kier molecular flexibility index (Phi) is 9.02. The van der Waals surface area contributed by atoms with Gasteiger partial charge >= 0.3 is 0 Å². The van der Waals surface area contributed by atoms with Crippen molar-refractivity contribution in [2.75, 3.05) is 43.6 Å². The molecule has 0 aromatic rings. The molecule has 0 aromatic heterocycles. The molecule has 0 radical (unpaired) electrons. The third-order valence-electron chi connectivity index (χ3n) is 2.67. The first-order valence-corrected chi connectivity index (χ1v) is 11.5. The fourth-order valence-corrected chi connectivity index (χ4v) is 3.33. The highest BCUT2D eigenvalue weighted by molar-refractivity contribution is 7.89. The van der Waals surface area contributed by atoms with E-state index in [1.807, 2.05) is 0 Å². The third-order valence-corrected chi connectivity index (χ3v) is 7.02. The quantitative estimate of drug-likeness (QED) is 0.409. The van der Waals surface area contributed by atoms with Crippen molar-refractivity contribution in [1.29, 1.82) is 0 Å². The van der Waals surface area contributed by atoms with E-state index in [0.29, 0.717) is 0 Å². The lowest BCUT2D eigenvalue weighted by atomic mass is 10.6. The molecule has 0 amide bonds. The number of hydrogen-bond donors (Lipinski definition) is 0. The fraction of sp³-hybridized carbons (Fsp3) is 1.00. The van der Waals surface area contributed by atoms with Crippen molar-refractivity contribution in [3.05, 3.63) is 0 Å². The summed E-state index contributed by atoms with van der Waals surface area (Å²) >= 11 is 0. The Bertz CT molecular complexity index is 583. The summed E-state index contributed by atoms with van der Waals surface area (Å²) in [6.45, 7) is 3.15. The van der Waals surface area contributed by atoms with Crippen molar-refractivity contribution in [3.8, 4) is 0 Å². The molecule has 22 heavy (non-hydrogen) atoms. The van der Waals surface area contributed by atoms with Crippen LogP contribution in [0.1, 0.15) is 20.8 Å². The molecule has 0 aliphatic carbocycles. The summed E-state index contributed by atoms with van der Waals surface area (Å²) in [4.78, 5) is 0. The maximum Gasteiger partial charge on any atom is 0.267 e. The molecule has 0 saturated carbocycles. The minimum Gasteiger partial charge on any atom is -0.269 e. The average molecular weight is 381 g/mol. The van der Waals surface area contributed by atoms with Gasteiger partial charge in [-0.3, -0.25) is 8.37 Å². The molecule has 12 heteroatoms. The summed E-state index contributed by atoms with van der Waals surface area (Å²) in [5.74, 6) is -0.634. The summed E-state index contributed by atoms with van der Waals surface area (Å²) in [5, 5.41) is 0. The monoisotopic (exact) mass is 381 g/mol. The van der Waals surface area contributed by atoms with Crippen LogP contribution in [0, 0.1) is 0 Å². The van der Waals surface area contributed by atoms with Gasteiger partial charge in [-0.05, 0) is 20.8 Å². The van der Waals surface area contributed by atoms with Crippen LogP contribution >= 0.6 is 0 Å². The van der Waals surface area contributed by atoms with Crippen LogP contribution in [0.3, 0.4) is 0 Å². The van der Waals surface area contributed by atoms with Gasteiger partial charge in [-0.25, -0.2) is 8.42 Å². The van der Waals surface area contributed by atoms with Crippen LogP contribution < -0.4 is 0 Å². The van der Waals surface area contributed by atoms with Gasteiger partial charge in [-0.1, -0.05) is 0 Å². The second-order valence-electron chi connectivity index (χ2n) is 4.14. The summed E-state index contributed by atoms with van der Waals surface area (Å²) in [5.41, 5.74) is 0. The van der Waals surface area contributed by atoms with E-state index >= 15 is 0 Å². The van der Waals surface area contributed by atoms with Gasteiger partial charge in [-0.2, -0.15) is 21.1 Å². The highest BCUT2D eigenvalue weighted by atomic mass is 32.2. The van der Waals surface area contributed by atoms with Crippen molar-refractivity contribution in [2.45, 2.75) is 20.8 Å². The van der Waals surface area contributed by atoms with Crippen LogP contribution in [-0.2, 0) is 38.6 Å². The lowest BCUT2D eigenvalue weighted by Crippen LogP contribution is -2.38. The second kappa shape index (κ2) is 9.13. The Labute approximate surface area is 132 Å². The summed E-state index contributed by atoms with van der Waals surface area (Å²) < 4.78 is 78.7. The van der Waals surface area contributed by atoms with E-state index in [0.717, 1.165) is 4.31 Å². The lowest BCUT2D eigenvalue weighted by molar-refractivity contribution is 0.243. The Morgan fingerprint density at radius 2 is 1.05 bits per heavy atom. The maximum atomic E-state index is 11.9. The lowest BCUT2D eigenvalue weighted by Gasteiger charge is -2.20. The summed E-state index contributed by atoms with van der Waals surface area (Å²) in [6, 6.07) is 0. The van der Waals surface area contributed by atoms with Crippen molar-refractivity contribution in [1.82, 2.24) is 4.31 Å². The molecular weight excluding hydrogens is 358 g/mol. The van der Waals surface area contributed by atoms with Gasteiger partial charge in [0.1, 0.15) is 0 Å². The smallest absolute Gasteiger partial charge is 0.267 e. The molecule has 0 heterocycles. The van der Waals surface area contributed by atoms with E-state index in [1.165, 1.54) is 20.8 Å². The molecule has 0 fully saturated rings. The number of sulfonamides is 1.